The summed E-state index contributed by atoms with van der Waals surface area (Å²) < 4.78 is 4.96. The van der Waals surface area contributed by atoms with Crippen LogP contribution < -0.4 is 0 Å². The third kappa shape index (κ3) is 3.74. The molecule has 0 saturated heterocycles. The van der Waals surface area contributed by atoms with Gasteiger partial charge in [-0.3, -0.25) is 0 Å². The number of hydrogen-bond donors (Lipinski definition) is 0. The summed E-state index contributed by atoms with van der Waals surface area (Å²) in [4.78, 5) is 10.9. The Balaban J connectivity index is 2.35. The van der Waals surface area contributed by atoms with E-state index in [1.807, 2.05) is 0 Å². The van der Waals surface area contributed by atoms with Crippen molar-refractivity contribution in [3.63, 3.8) is 0 Å². The maximum Gasteiger partial charge on any atom is 0.330 e. The molecule has 1 atom stereocenters. The molecular weight excluding hydrogens is 188 g/mol. The summed E-state index contributed by atoms with van der Waals surface area (Å²) in [7, 11) is 0. The summed E-state index contributed by atoms with van der Waals surface area (Å²) in [6.07, 6.45) is 6.69. The average Bonchev–Trinajstić information content (AvgIpc) is 2.26. The van der Waals surface area contributed by atoms with E-state index in [0.717, 1.165) is 24.8 Å². The summed E-state index contributed by atoms with van der Waals surface area (Å²) >= 11 is 0. The number of carbonyl (C=O) groups excluding carboxylic acids is 1. The molecule has 0 bridgehead atoms. The Bertz CT molecular complexity index is 300. The molecule has 0 unspecified atom stereocenters. The van der Waals surface area contributed by atoms with E-state index in [2.05, 4.69) is 26.2 Å². The van der Waals surface area contributed by atoms with E-state index in [4.69, 9.17) is 4.74 Å². The lowest BCUT2D eigenvalue weighted by atomic mass is 9.86. The van der Waals surface area contributed by atoms with Crippen LogP contribution in [0.3, 0.4) is 0 Å². The lowest BCUT2D eigenvalue weighted by Crippen LogP contribution is -2.13. The zero-order valence-electron chi connectivity index (χ0n) is 9.29. The number of ether oxygens (including phenoxy) is 1. The van der Waals surface area contributed by atoms with Crippen molar-refractivity contribution in [1.29, 1.82) is 0 Å². The zero-order chi connectivity index (χ0) is 11.3. The second kappa shape index (κ2) is 5.54. The van der Waals surface area contributed by atoms with Crippen LogP contribution in [0.4, 0.5) is 0 Å². The van der Waals surface area contributed by atoms with Gasteiger partial charge in [-0.15, -0.1) is 0 Å². The van der Waals surface area contributed by atoms with E-state index in [0.29, 0.717) is 12.5 Å². The fourth-order valence-corrected chi connectivity index (χ4v) is 1.68. The smallest absolute Gasteiger partial charge is 0.330 e. The molecule has 1 aliphatic rings. The molecule has 0 aromatic carbocycles. The first-order valence-corrected chi connectivity index (χ1v) is 5.26. The van der Waals surface area contributed by atoms with Crippen LogP contribution in [0, 0.1) is 5.92 Å². The van der Waals surface area contributed by atoms with Crippen molar-refractivity contribution < 1.29 is 9.53 Å². The van der Waals surface area contributed by atoms with Gasteiger partial charge in [0.05, 0.1) is 0 Å². The molecule has 15 heavy (non-hydrogen) atoms. The maximum atomic E-state index is 10.9. The Hall–Kier alpha value is -1.31. The number of carbonyl (C=O) groups is 1. The first-order chi connectivity index (χ1) is 7.13. The standard InChI is InChI=1S/C13H18O2/c1-4-13(14)15-9-11(3)12-7-5-10(2)6-8-12/h4-5,12H,1,3,6-9H2,2H3/t12-/m0/s1. The van der Waals surface area contributed by atoms with E-state index in [9.17, 15) is 4.79 Å². The lowest BCUT2D eigenvalue weighted by molar-refractivity contribution is -0.136. The molecule has 2 nitrogen and oxygen atoms in total. The van der Waals surface area contributed by atoms with Crippen molar-refractivity contribution >= 4 is 5.97 Å². The number of hydrogen-bond acceptors (Lipinski definition) is 2. The van der Waals surface area contributed by atoms with E-state index < -0.39 is 0 Å². The lowest BCUT2D eigenvalue weighted by Gasteiger charge is -2.22. The van der Waals surface area contributed by atoms with Gasteiger partial charge in [-0.05, 0) is 37.7 Å². The molecule has 0 amide bonds. The number of esters is 1. The van der Waals surface area contributed by atoms with Crippen LogP contribution in [0.5, 0.6) is 0 Å². The van der Waals surface area contributed by atoms with Crippen LogP contribution in [0.2, 0.25) is 0 Å². The zero-order valence-corrected chi connectivity index (χ0v) is 9.29. The molecule has 0 aliphatic heterocycles. The second-order valence-electron chi connectivity index (χ2n) is 3.99. The molecule has 0 heterocycles. The summed E-state index contributed by atoms with van der Waals surface area (Å²) in [5, 5.41) is 0. The van der Waals surface area contributed by atoms with Crippen LogP contribution in [0.15, 0.2) is 36.5 Å². The third-order valence-electron chi connectivity index (χ3n) is 2.78. The topological polar surface area (TPSA) is 26.3 Å². The molecular formula is C13H18O2. The molecule has 0 saturated carbocycles. The maximum absolute atomic E-state index is 10.9. The van der Waals surface area contributed by atoms with Crippen molar-refractivity contribution in [1.82, 2.24) is 0 Å². The summed E-state index contributed by atoms with van der Waals surface area (Å²) in [5.74, 6) is 0.0880. The number of rotatable bonds is 4. The minimum atomic E-state index is -0.376. The fourth-order valence-electron chi connectivity index (χ4n) is 1.68. The highest BCUT2D eigenvalue weighted by Gasteiger charge is 2.16. The van der Waals surface area contributed by atoms with Gasteiger partial charge in [0.25, 0.3) is 0 Å². The van der Waals surface area contributed by atoms with E-state index in [1.54, 1.807) is 0 Å². The van der Waals surface area contributed by atoms with Gasteiger partial charge in [0.15, 0.2) is 0 Å². The van der Waals surface area contributed by atoms with Crippen LogP contribution in [-0.4, -0.2) is 12.6 Å². The SMILES string of the molecule is C=CC(=O)OCC(=C)[C@H]1CC=C(C)CC1. The van der Waals surface area contributed by atoms with Crippen LogP contribution in [-0.2, 0) is 9.53 Å². The normalized spacial score (nSPS) is 20.3. The summed E-state index contributed by atoms with van der Waals surface area (Å²) in [6.45, 7) is 9.79. The van der Waals surface area contributed by atoms with Gasteiger partial charge in [0.1, 0.15) is 6.61 Å². The molecule has 1 rings (SSSR count). The highest BCUT2D eigenvalue weighted by Crippen LogP contribution is 2.28. The van der Waals surface area contributed by atoms with Gasteiger partial charge in [-0.2, -0.15) is 0 Å². The van der Waals surface area contributed by atoms with E-state index >= 15 is 0 Å². The van der Waals surface area contributed by atoms with E-state index in [-0.39, 0.29) is 5.97 Å². The van der Waals surface area contributed by atoms with E-state index in [1.165, 1.54) is 11.6 Å². The predicted molar refractivity (Wildman–Crippen MR) is 61.4 cm³/mol. The number of allylic oxidation sites excluding steroid dienone is 2. The molecule has 0 fully saturated rings. The van der Waals surface area contributed by atoms with Crippen LogP contribution in [0.1, 0.15) is 26.2 Å². The largest absolute Gasteiger partial charge is 0.458 e. The Labute approximate surface area is 91.3 Å². The molecule has 0 aromatic rings. The minimum absolute atomic E-state index is 0.322. The predicted octanol–water partition coefficient (Wildman–Crippen LogP) is 3.02. The van der Waals surface area contributed by atoms with Crippen molar-refractivity contribution in [3.05, 3.63) is 36.5 Å². The molecule has 82 valence electrons. The molecule has 0 N–H and O–H groups in total. The Morgan fingerprint density at radius 2 is 2.47 bits per heavy atom. The Kier molecular flexibility index (Phi) is 4.35. The quantitative estimate of drug-likeness (QED) is 0.401. The van der Waals surface area contributed by atoms with Gasteiger partial charge in [-0.1, -0.05) is 24.8 Å². The Morgan fingerprint density at radius 3 is 3.00 bits per heavy atom. The first-order valence-electron chi connectivity index (χ1n) is 5.26. The Morgan fingerprint density at radius 1 is 1.73 bits per heavy atom. The average molecular weight is 206 g/mol. The molecule has 0 aromatic heterocycles. The molecule has 0 radical (unpaired) electrons. The highest BCUT2D eigenvalue weighted by atomic mass is 16.5. The molecule has 0 spiro atoms. The summed E-state index contributed by atoms with van der Waals surface area (Å²) in [6, 6.07) is 0. The van der Waals surface area contributed by atoms with Crippen LogP contribution >= 0.6 is 0 Å². The monoisotopic (exact) mass is 206 g/mol. The molecule has 1 aliphatic carbocycles. The summed E-state index contributed by atoms with van der Waals surface area (Å²) in [5.41, 5.74) is 2.45. The highest BCUT2D eigenvalue weighted by molar-refractivity contribution is 5.81. The van der Waals surface area contributed by atoms with Gasteiger partial charge in [0, 0.05) is 6.08 Å². The van der Waals surface area contributed by atoms with Gasteiger partial charge >= 0.3 is 5.97 Å². The first kappa shape index (κ1) is 11.8. The van der Waals surface area contributed by atoms with Crippen molar-refractivity contribution in [2.75, 3.05) is 6.61 Å². The minimum Gasteiger partial charge on any atom is -0.458 e. The van der Waals surface area contributed by atoms with Crippen molar-refractivity contribution in [2.24, 2.45) is 5.92 Å². The van der Waals surface area contributed by atoms with Gasteiger partial charge < -0.3 is 4.74 Å². The van der Waals surface area contributed by atoms with Gasteiger partial charge in [0.2, 0.25) is 0 Å². The molecule has 2 heteroatoms. The third-order valence-corrected chi connectivity index (χ3v) is 2.78. The van der Waals surface area contributed by atoms with Crippen LogP contribution in [0.25, 0.3) is 0 Å². The fraction of sp³-hybridized carbons (Fsp3) is 0.462. The second-order valence-corrected chi connectivity index (χ2v) is 3.99. The van der Waals surface area contributed by atoms with Crippen molar-refractivity contribution in [3.8, 4) is 0 Å². The van der Waals surface area contributed by atoms with Gasteiger partial charge in [-0.25, -0.2) is 4.79 Å². The van der Waals surface area contributed by atoms with Crippen molar-refractivity contribution in [2.45, 2.75) is 26.2 Å².